The van der Waals surface area contributed by atoms with Crippen molar-refractivity contribution in [1.29, 1.82) is 0 Å². The highest BCUT2D eigenvalue weighted by Crippen LogP contribution is 2.18. The summed E-state index contributed by atoms with van der Waals surface area (Å²) < 4.78 is 15.2. The third-order valence-electron chi connectivity index (χ3n) is 4.05. The van der Waals surface area contributed by atoms with Crippen LogP contribution in [0.4, 0.5) is 0 Å². The molecule has 0 aromatic heterocycles. The standard InChI is InChI=1S/C17H33N3O4/c1-4-18-17(19-9-5-6-12-24-14-13-22-2)20-10-7-15(8-11-20)16(21)23-3/h15H,4-14H2,1-3H3,(H,18,19). The molecule has 24 heavy (non-hydrogen) atoms. The smallest absolute Gasteiger partial charge is 0.308 e. The van der Waals surface area contributed by atoms with Crippen molar-refractivity contribution >= 4 is 11.9 Å². The number of rotatable bonds is 10. The van der Waals surface area contributed by atoms with Gasteiger partial charge in [0.25, 0.3) is 0 Å². The summed E-state index contributed by atoms with van der Waals surface area (Å²) in [5.74, 6) is 0.879. The van der Waals surface area contributed by atoms with E-state index in [0.29, 0.717) is 13.2 Å². The van der Waals surface area contributed by atoms with E-state index in [1.807, 2.05) is 0 Å². The van der Waals surface area contributed by atoms with Crippen LogP contribution < -0.4 is 5.32 Å². The number of unbranched alkanes of at least 4 members (excludes halogenated alkanes) is 1. The largest absolute Gasteiger partial charge is 0.469 e. The molecule has 1 aliphatic heterocycles. The fraction of sp³-hybridized carbons (Fsp3) is 0.882. The van der Waals surface area contributed by atoms with Gasteiger partial charge in [-0.05, 0) is 32.6 Å². The third-order valence-corrected chi connectivity index (χ3v) is 4.05. The zero-order chi connectivity index (χ0) is 17.6. The van der Waals surface area contributed by atoms with Crippen molar-refractivity contribution in [3.63, 3.8) is 0 Å². The second-order valence-corrected chi connectivity index (χ2v) is 5.83. The molecular formula is C17H33N3O4. The maximum absolute atomic E-state index is 11.6. The summed E-state index contributed by atoms with van der Waals surface area (Å²) >= 11 is 0. The van der Waals surface area contributed by atoms with Crippen molar-refractivity contribution in [2.75, 3.05) is 60.2 Å². The maximum atomic E-state index is 11.6. The summed E-state index contributed by atoms with van der Waals surface area (Å²) in [7, 11) is 3.13. The van der Waals surface area contributed by atoms with Crippen LogP contribution in [0.2, 0.25) is 0 Å². The molecule has 0 amide bonds. The Bertz CT molecular complexity index is 369. The van der Waals surface area contributed by atoms with Crippen LogP contribution in [0, 0.1) is 5.92 Å². The van der Waals surface area contributed by atoms with Gasteiger partial charge in [0.05, 0.1) is 26.2 Å². The van der Waals surface area contributed by atoms with Crippen molar-refractivity contribution in [2.45, 2.75) is 32.6 Å². The lowest BCUT2D eigenvalue weighted by Crippen LogP contribution is -2.46. The van der Waals surface area contributed by atoms with Crippen LogP contribution in [0.5, 0.6) is 0 Å². The van der Waals surface area contributed by atoms with Crippen LogP contribution in [-0.2, 0) is 19.0 Å². The summed E-state index contributed by atoms with van der Waals surface area (Å²) in [6.45, 7) is 7.42. The molecular weight excluding hydrogens is 310 g/mol. The molecule has 140 valence electrons. The lowest BCUT2D eigenvalue weighted by Gasteiger charge is -2.33. The van der Waals surface area contributed by atoms with Crippen LogP contribution in [0.25, 0.3) is 0 Å². The van der Waals surface area contributed by atoms with Crippen LogP contribution in [0.3, 0.4) is 0 Å². The van der Waals surface area contributed by atoms with E-state index >= 15 is 0 Å². The molecule has 0 spiro atoms. The number of nitrogens with one attached hydrogen (secondary N) is 1. The van der Waals surface area contributed by atoms with Crippen LogP contribution in [0.15, 0.2) is 4.99 Å². The minimum atomic E-state index is -0.0925. The van der Waals surface area contributed by atoms with Crippen molar-refractivity contribution in [1.82, 2.24) is 10.2 Å². The Morgan fingerprint density at radius 3 is 2.54 bits per heavy atom. The second-order valence-electron chi connectivity index (χ2n) is 5.83. The molecule has 0 bridgehead atoms. The van der Waals surface area contributed by atoms with Gasteiger partial charge in [-0.25, -0.2) is 0 Å². The lowest BCUT2D eigenvalue weighted by molar-refractivity contribution is -0.146. The van der Waals surface area contributed by atoms with Crippen molar-refractivity contribution in [3.05, 3.63) is 0 Å². The Kier molecular flexibility index (Phi) is 11.2. The number of ether oxygens (including phenoxy) is 3. The first-order valence-electron chi connectivity index (χ1n) is 8.90. The number of aliphatic imine (C=N–C) groups is 1. The highest BCUT2D eigenvalue weighted by atomic mass is 16.5. The average Bonchev–Trinajstić information content (AvgIpc) is 2.62. The molecule has 1 saturated heterocycles. The normalized spacial score (nSPS) is 16.3. The number of hydrogen-bond acceptors (Lipinski definition) is 5. The Balaban J connectivity index is 2.29. The number of esters is 1. The molecule has 1 N–H and O–H groups in total. The molecule has 0 radical (unpaired) electrons. The van der Waals surface area contributed by atoms with E-state index in [1.54, 1.807) is 7.11 Å². The molecule has 0 aromatic carbocycles. The molecule has 7 nitrogen and oxygen atoms in total. The number of nitrogens with zero attached hydrogens (tertiary/aromatic N) is 2. The fourth-order valence-corrected chi connectivity index (χ4v) is 2.66. The first kappa shape index (κ1) is 20.7. The predicted molar refractivity (Wildman–Crippen MR) is 94.2 cm³/mol. The lowest BCUT2D eigenvalue weighted by atomic mass is 9.97. The molecule has 1 fully saturated rings. The first-order valence-corrected chi connectivity index (χ1v) is 8.90. The van der Waals surface area contributed by atoms with Gasteiger partial charge in [-0.1, -0.05) is 0 Å². The number of carbonyl (C=O) groups excluding carboxylic acids is 1. The molecule has 1 heterocycles. The minimum absolute atomic E-state index is 0.0263. The Labute approximate surface area is 145 Å². The fourth-order valence-electron chi connectivity index (χ4n) is 2.66. The molecule has 7 heteroatoms. The summed E-state index contributed by atoms with van der Waals surface area (Å²) in [5, 5.41) is 3.34. The molecule has 0 aliphatic carbocycles. The molecule has 0 atom stereocenters. The van der Waals surface area contributed by atoms with Crippen molar-refractivity contribution in [2.24, 2.45) is 10.9 Å². The Morgan fingerprint density at radius 2 is 1.92 bits per heavy atom. The number of guanidine groups is 1. The van der Waals surface area contributed by atoms with E-state index in [1.165, 1.54) is 7.11 Å². The SMILES string of the molecule is CCNC(=NCCCCOCCOC)N1CCC(C(=O)OC)CC1. The topological polar surface area (TPSA) is 72.4 Å². The third kappa shape index (κ3) is 7.97. The van der Waals surface area contributed by atoms with Crippen LogP contribution >= 0.6 is 0 Å². The van der Waals surface area contributed by atoms with E-state index in [9.17, 15) is 4.79 Å². The van der Waals surface area contributed by atoms with E-state index < -0.39 is 0 Å². The zero-order valence-electron chi connectivity index (χ0n) is 15.4. The van der Waals surface area contributed by atoms with Gasteiger partial charge in [-0.2, -0.15) is 0 Å². The van der Waals surface area contributed by atoms with Crippen molar-refractivity contribution in [3.8, 4) is 0 Å². The van der Waals surface area contributed by atoms with Gasteiger partial charge in [-0.3, -0.25) is 9.79 Å². The van der Waals surface area contributed by atoms with E-state index in [4.69, 9.17) is 19.2 Å². The van der Waals surface area contributed by atoms with E-state index in [0.717, 1.165) is 64.4 Å². The van der Waals surface area contributed by atoms with Gasteiger partial charge in [0.15, 0.2) is 5.96 Å². The quantitative estimate of drug-likeness (QED) is 0.279. The number of hydrogen-bond donors (Lipinski definition) is 1. The average molecular weight is 343 g/mol. The summed E-state index contributed by atoms with van der Waals surface area (Å²) in [4.78, 5) is 18.5. The van der Waals surface area contributed by atoms with Gasteiger partial charge in [0, 0.05) is 39.9 Å². The highest BCUT2D eigenvalue weighted by Gasteiger charge is 2.26. The Morgan fingerprint density at radius 1 is 1.17 bits per heavy atom. The molecule has 1 aliphatic rings. The summed E-state index contributed by atoms with van der Waals surface area (Å²) in [6, 6.07) is 0. The first-order chi connectivity index (χ1) is 11.7. The zero-order valence-corrected chi connectivity index (χ0v) is 15.4. The van der Waals surface area contributed by atoms with Crippen molar-refractivity contribution < 1.29 is 19.0 Å². The Hall–Kier alpha value is -1.34. The molecule has 0 aromatic rings. The van der Waals surface area contributed by atoms with Crippen LogP contribution in [0.1, 0.15) is 32.6 Å². The van der Waals surface area contributed by atoms with Gasteiger partial charge in [-0.15, -0.1) is 0 Å². The van der Waals surface area contributed by atoms with Gasteiger partial charge >= 0.3 is 5.97 Å². The van der Waals surface area contributed by atoms with Gasteiger partial charge < -0.3 is 24.4 Å². The highest BCUT2D eigenvalue weighted by molar-refractivity contribution is 5.80. The summed E-state index contributed by atoms with van der Waals surface area (Å²) in [6.07, 6.45) is 3.65. The van der Waals surface area contributed by atoms with Gasteiger partial charge in [0.1, 0.15) is 0 Å². The molecule has 1 rings (SSSR count). The molecule has 0 saturated carbocycles. The number of likely N-dealkylation sites (tertiary alicyclic amines) is 1. The number of methoxy groups -OCH3 is 2. The predicted octanol–water partition coefficient (Wildman–Crippen LogP) is 1.28. The van der Waals surface area contributed by atoms with Gasteiger partial charge in [0.2, 0.25) is 0 Å². The van der Waals surface area contributed by atoms with Crippen LogP contribution in [-0.4, -0.2) is 77.0 Å². The number of piperidine rings is 1. The molecule has 0 unspecified atom stereocenters. The number of carbonyl (C=O) groups is 1. The summed E-state index contributed by atoms with van der Waals surface area (Å²) in [5.41, 5.74) is 0. The second kappa shape index (κ2) is 13.0. The maximum Gasteiger partial charge on any atom is 0.308 e. The minimum Gasteiger partial charge on any atom is -0.469 e. The monoisotopic (exact) mass is 343 g/mol. The van der Waals surface area contributed by atoms with E-state index in [2.05, 4.69) is 17.1 Å². The van der Waals surface area contributed by atoms with E-state index in [-0.39, 0.29) is 11.9 Å².